The van der Waals surface area contributed by atoms with E-state index in [0.717, 1.165) is 23.5 Å². The Morgan fingerprint density at radius 3 is 2.75 bits per heavy atom. The van der Waals surface area contributed by atoms with Crippen LogP contribution < -0.4 is 4.90 Å². The smallest absolute Gasteiger partial charge is 0.407 e. The number of rotatable bonds is 0. The Morgan fingerprint density at radius 2 is 2.08 bits per heavy atom. The van der Waals surface area contributed by atoms with E-state index in [2.05, 4.69) is 31.7 Å². The Labute approximate surface area is 145 Å². The lowest BCUT2D eigenvalue weighted by atomic mass is 9.62. The number of carboxylic acid groups (broad SMARTS) is 1. The molecule has 4 rings (SSSR count). The van der Waals surface area contributed by atoms with Gasteiger partial charge in [-0.3, -0.25) is 4.21 Å². The minimum Gasteiger partial charge on any atom is -0.465 e. The fourth-order valence-electron chi connectivity index (χ4n) is 5.19. The molecule has 1 unspecified atom stereocenters. The van der Waals surface area contributed by atoms with Crippen molar-refractivity contribution in [3.63, 3.8) is 0 Å². The Kier molecular flexibility index (Phi) is 3.30. The van der Waals surface area contributed by atoms with Crippen LogP contribution in [0.5, 0.6) is 0 Å². The topological polar surface area (TPSA) is 60.9 Å². The van der Waals surface area contributed by atoms with Gasteiger partial charge in [-0.1, -0.05) is 32.9 Å². The van der Waals surface area contributed by atoms with Crippen LogP contribution in [0.3, 0.4) is 0 Å². The van der Waals surface area contributed by atoms with Gasteiger partial charge in [-0.05, 0) is 23.5 Å². The first-order valence-corrected chi connectivity index (χ1v) is 9.86. The second kappa shape index (κ2) is 4.97. The number of hydrogen-bond donors (Lipinski definition) is 1. The van der Waals surface area contributed by atoms with Crippen molar-refractivity contribution in [3.8, 4) is 0 Å². The van der Waals surface area contributed by atoms with Gasteiger partial charge in [-0.15, -0.1) is 0 Å². The number of piperidine rings is 1. The van der Waals surface area contributed by atoms with Crippen molar-refractivity contribution in [2.24, 2.45) is 5.41 Å². The van der Waals surface area contributed by atoms with E-state index >= 15 is 0 Å². The quantitative estimate of drug-likeness (QED) is 0.783. The monoisotopic (exact) mass is 348 g/mol. The second-order valence-corrected chi connectivity index (χ2v) is 9.64. The SMILES string of the molecule is CC(C)(C)[C@@]12CCN(C(=O)O)C[C@@H]1c1cccc3c1N2CCS3=O. The molecule has 3 aliphatic heterocycles. The minimum absolute atomic E-state index is 0.00260. The van der Waals surface area contributed by atoms with Gasteiger partial charge < -0.3 is 14.9 Å². The van der Waals surface area contributed by atoms with Crippen molar-refractivity contribution in [1.29, 1.82) is 0 Å². The van der Waals surface area contributed by atoms with Gasteiger partial charge in [0.1, 0.15) is 0 Å². The predicted octanol–water partition coefficient (Wildman–Crippen LogP) is 2.88. The first kappa shape index (κ1) is 15.9. The van der Waals surface area contributed by atoms with Crippen LogP contribution in [-0.2, 0) is 10.8 Å². The van der Waals surface area contributed by atoms with Gasteiger partial charge in [-0.2, -0.15) is 0 Å². The van der Waals surface area contributed by atoms with Gasteiger partial charge in [0.25, 0.3) is 0 Å². The van der Waals surface area contributed by atoms with Crippen molar-refractivity contribution in [2.75, 3.05) is 30.3 Å². The molecule has 1 fully saturated rings. The van der Waals surface area contributed by atoms with Gasteiger partial charge in [0.15, 0.2) is 0 Å². The number of nitrogens with zero attached hydrogens (tertiary/aromatic N) is 2. The summed E-state index contributed by atoms with van der Waals surface area (Å²) in [4.78, 5) is 16.5. The summed E-state index contributed by atoms with van der Waals surface area (Å²) in [5, 5.41) is 9.49. The molecule has 1 aromatic carbocycles. The molecule has 3 atom stereocenters. The summed E-state index contributed by atoms with van der Waals surface area (Å²) in [7, 11) is -0.954. The van der Waals surface area contributed by atoms with Crippen LogP contribution in [0.2, 0.25) is 0 Å². The molecule has 5 nitrogen and oxygen atoms in total. The van der Waals surface area contributed by atoms with E-state index in [1.54, 1.807) is 4.90 Å². The highest BCUT2D eigenvalue weighted by molar-refractivity contribution is 7.85. The van der Waals surface area contributed by atoms with Gasteiger partial charge in [0.05, 0.1) is 26.9 Å². The minimum atomic E-state index is -0.954. The fourth-order valence-corrected chi connectivity index (χ4v) is 6.43. The fraction of sp³-hybridized carbons (Fsp3) is 0.611. The van der Waals surface area contributed by atoms with Gasteiger partial charge in [0, 0.05) is 31.3 Å². The summed E-state index contributed by atoms with van der Waals surface area (Å²) >= 11 is 0. The van der Waals surface area contributed by atoms with Crippen molar-refractivity contribution >= 4 is 22.6 Å². The molecule has 0 bridgehead atoms. The predicted molar refractivity (Wildman–Crippen MR) is 94.2 cm³/mol. The first-order chi connectivity index (χ1) is 11.3. The van der Waals surface area contributed by atoms with Gasteiger partial charge >= 0.3 is 6.09 Å². The molecule has 1 saturated heterocycles. The molecule has 1 amide bonds. The average molecular weight is 348 g/mol. The summed E-state index contributed by atoms with van der Waals surface area (Å²) in [5.74, 6) is 0.788. The number of para-hydroxylation sites is 1. The second-order valence-electron chi connectivity index (χ2n) is 8.10. The molecular weight excluding hydrogens is 324 g/mol. The molecule has 0 radical (unpaired) electrons. The van der Waals surface area contributed by atoms with Crippen LogP contribution in [0.15, 0.2) is 23.1 Å². The molecule has 0 aliphatic carbocycles. The highest BCUT2D eigenvalue weighted by Crippen LogP contribution is 2.60. The molecular formula is C18H24N2O3S. The third-order valence-electron chi connectivity index (χ3n) is 6.21. The summed E-state index contributed by atoms with van der Waals surface area (Å²) in [6.45, 7) is 8.64. The molecule has 0 spiro atoms. The molecule has 1 aromatic rings. The first-order valence-electron chi connectivity index (χ1n) is 8.54. The molecule has 6 heteroatoms. The molecule has 1 N–H and O–H groups in total. The Hall–Kier alpha value is -1.56. The lowest BCUT2D eigenvalue weighted by molar-refractivity contribution is 0.0577. The number of benzene rings is 1. The van der Waals surface area contributed by atoms with Crippen molar-refractivity contribution in [2.45, 2.75) is 43.5 Å². The maximum Gasteiger partial charge on any atom is 0.407 e. The largest absolute Gasteiger partial charge is 0.465 e. The van der Waals surface area contributed by atoms with Crippen LogP contribution in [-0.4, -0.2) is 51.2 Å². The highest BCUT2D eigenvalue weighted by atomic mass is 32.2. The maximum absolute atomic E-state index is 12.5. The van der Waals surface area contributed by atoms with Crippen LogP contribution in [0.25, 0.3) is 0 Å². The van der Waals surface area contributed by atoms with Gasteiger partial charge in [-0.25, -0.2) is 4.79 Å². The molecule has 3 aliphatic rings. The van der Waals surface area contributed by atoms with Crippen LogP contribution >= 0.6 is 0 Å². The van der Waals surface area contributed by atoms with Crippen molar-refractivity contribution in [3.05, 3.63) is 23.8 Å². The summed E-state index contributed by atoms with van der Waals surface area (Å²) in [5.41, 5.74) is 2.19. The van der Waals surface area contributed by atoms with Crippen LogP contribution in [0, 0.1) is 5.41 Å². The van der Waals surface area contributed by atoms with E-state index in [4.69, 9.17) is 0 Å². The molecule has 130 valence electrons. The maximum atomic E-state index is 12.5. The zero-order valence-electron chi connectivity index (χ0n) is 14.4. The molecule has 24 heavy (non-hydrogen) atoms. The van der Waals surface area contributed by atoms with Crippen LogP contribution in [0.1, 0.15) is 38.7 Å². The Balaban J connectivity index is 1.93. The number of carbonyl (C=O) groups is 1. The zero-order chi connectivity index (χ0) is 17.3. The Bertz CT molecular complexity index is 742. The van der Waals surface area contributed by atoms with E-state index < -0.39 is 16.9 Å². The number of fused-ring (bicyclic) bond motifs is 3. The van der Waals surface area contributed by atoms with E-state index in [0.29, 0.717) is 18.8 Å². The van der Waals surface area contributed by atoms with E-state index in [9.17, 15) is 14.1 Å². The van der Waals surface area contributed by atoms with Gasteiger partial charge in [0.2, 0.25) is 0 Å². The molecule has 0 aromatic heterocycles. The number of amides is 1. The number of anilines is 1. The van der Waals surface area contributed by atoms with E-state index in [1.807, 2.05) is 12.1 Å². The Morgan fingerprint density at radius 1 is 1.33 bits per heavy atom. The number of likely N-dealkylation sites (tertiary alicyclic amines) is 1. The van der Waals surface area contributed by atoms with E-state index in [-0.39, 0.29) is 16.9 Å². The lowest BCUT2D eigenvalue weighted by Crippen LogP contribution is -2.64. The highest BCUT2D eigenvalue weighted by Gasteiger charge is 2.61. The summed E-state index contributed by atoms with van der Waals surface area (Å²) in [6.07, 6.45) is -0.0269. The molecule has 3 heterocycles. The summed E-state index contributed by atoms with van der Waals surface area (Å²) in [6, 6.07) is 6.07. The van der Waals surface area contributed by atoms with Crippen molar-refractivity contribution in [1.82, 2.24) is 4.90 Å². The third kappa shape index (κ3) is 1.86. The standard InChI is InChI=1S/C18H24N2O3S/c1-17(2,3)18-7-8-19(16(21)22)11-13(18)12-5-4-6-14-15(12)20(18)9-10-24(14)23/h4-6,13H,7-11H2,1-3H3,(H,21,22)/t13-,18-,24?/m1/s1. The summed E-state index contributed by atoms with van der Waals surface area (Å²) < 4.78 is 12.5. The third-order valence-corrected chi connectivity index (χ3v) is 7.59. The normalized spacial score (nSPS) is 31.6. The van der Waals surface area contributed by atoms with Crippen molar-refractivity contribution < 1.29 is 14.1 Å². The zero-order valence-corrected chi connectivity index (χ0v) is 15.2. The average Bonchev–Trinajstić information content (AvgIpc) is 2.82. The lowest BCUT2D eigenvalue weighted by Gasteiger charge is -2.56. The van der Waals surface area contributed by atoms with Crippen LogP contribution in [0.4, 0.5) is 10.5 Å². The number of hydrogen-bond acceptors (Lipinski definition) is 3. The molecule has 0 saturated carbocycles. The van der Waals surface area contributed by atoms with E-state index in [1.165, 1.54) is 5.56 Å².